The van der Waals surface area contributed by atoms with Gasteiger partial charge >= 0.3 is 0 Å². The molecular formula is C16H21N3O2S. The summed E-state index contributed by atoms with van der Waals surface area (Å²) < 4.78 is 17.3. The Morgan fingerprint density at radius 1 is 1.18 bits per heavy atom. The highest BCUT2D eigenvalue weighted by atomic mass is 32.2. The van der Waals surface area contributed by atoms with Crippen molar-refractivity contribution < 1.29 is 8.95 Å². The van der Waals surface area contributed by atoms with E-state index in [0.29, 0.717) is 22.4 Å². The van der Waals surface area contributed by atoms with Gasteiger partial charge in [-0.25, -0.2) is 9.97 Å². The van der Waals surface area contributed by atoms with Crippen LogP contribution in [0.3, 0.4) is 0 Å². The molecule has 1 aromatic carbocycles. The van der Waals surface area contributed by atoms with E-state index in [1.807, 2.05) is 18.2 Å². The third kappa shape index (κ3) is 3.21. The van der Waals surface area contributed by atoms with E-state index in [9.17, 15) is 4.21 Å². The Labute approximate surface area is 133 Å². The quantitative estimate of drug-likeness (QED) is 0.938. The first-order valence-corrected chi connectivity index (χ1v) is 9.19. The summed E-state index contributed by atoms with van der Waals surface area (Å²) in [4.78, 5) is 9.19. The lowest BCUT2D eigenvalue weighted by Crippen LogP contribution is -2.24. The second-order valence-electron chi connectivity index (χ2n) is 5.67. The predicted octanol–water partition coefficient (Wildman–Crippen LogP) is 3.12. The zero-order chi connectivity index (χ0) is 15.5. The fourth-order valence-corrected chi connectivity index (χ4v) is 3.48. The van der Waals surface area contributed by atoms with E-state index in [1.165, 1.54) is 19.3 Å². The zero-order valence-corrected chi connectivity index (χ0v) is 13.8. The molecule has 6 heteroatoms. The van der Waals surface area contributed by atoms with Gasteiger partial charge in [-0.2, -0.15) is 0 Å². The molecule has 0 saturated heterocycles. The number of hydrogen-bond acceptors (Lipinski definition) is 5. The largest absolute Gasteiger partial charge is 0.497 e. The van der Waals surface area contributed by atoms with Crippen molar-refractivity contribution in [2.24, 2.45) is 0 Å². The molecule has 0 bridgehead atoms. The maximum Gasteiger partial charge on any atom is 0.169 e. The number of anilines is 1. The number of hydrogen-bond donors (Lipinski definition) is 1. The fraction of sp³-hybridized carbons (Fsp3) is 0.500. The van der Waals surface area contributed by atoms with Crippen LogP contribution in [0.1, 0.15) is 32.1 Å². The maximum atomic E-state index is 12.0. The summed E-state index contributed by atoms with van der Waals surface area (Å²) in [6, 6.07) is 5.98. The minimum Gasteiger partial charge on any atom is -0.497 e. The molecule has 1 N–H and O–H groups in total. The van der Waals surface area contributed by atoms with Crippen LogP contribution >= 0.6 is 0 Å². The first-order chi connectivity index (χ1) is 10.7. The van der Waals surface area contributed by atoms with Gasteiger partial charge in [-0.3, -0.25) is 4.21 Å². The van der Waals surface area contributed by atoms with Gasteiger partial charge in [0, 0.05) is 18.4 Å². The molecule has 2 aromatic rings. The maximum absolute atomic E-state index is 12.0. The van der Waals surface area contributed by atoms with E-state index in [4.69, 9.17) is 4.74 Å². The number of aromatic nitrogens is 2. The molecule has 1 fully saturated rings. The number of rotatable bonds is 4. The van der Waals surface area contributed by atoms with Crippen molar-refractivity contribution in [3.63, 3.8) is 0 Å². The Morgan fingerprint density at radius 2 is 1.95 bits per heavy atom. The number of benzene rings is 1. The van der Waals surface area contributed by atoms with Crippen LogP contribution in [0.4, 0.5) is 5.82 Å². The highest BCUT2D eigenvalue weighted by Gasteiger charge is 2.18. The number of methoxy groups -OCH3 is 1. The van der Waals surface area contributed by atoms with Crippen LogP contribution in [0, 0.1) is 0 Å². The van der Waals surface area contributed by atoms with Crippen molar-refractivity contribution >= 4 is 27.7 Å². The SMILES string of the molecule is COc1ccc2nc(NC3CCCCC3)c(S(C)=O)nc2c1. The van der Waals surface area contributed by atoms with Crippen molar-refractivity contribution in [3.05, 3.63) is 18.2 Å². The molecule has 22 heavy (non-hydrogen) atoms. The Bertz CT molecular complexity index is 699. The van der Waals surface area contributed by atoms with Crippen LogP contribution in [0.15, 0.2) is 23.2 Å². The molecule has 118 valence electrons. The molecule has 3 rings (SSSR count). The lowest BCUT2D eigenvalue weighted by atomic mass is 9.95. The Kier molecular flexibility index (Phi) is 4.57. The van der Waals surface area contributed by atoms with Crippen molar-refractivity contribution in [2.75, 3.05) is 18.7 Å². The first-order valence-electron chi connectivity index (χ1n) is 7.63. The van der Waals surface area contributed by atoms with Gasteiger partial charge in [0.1, 0.15) is 5.75 Å². The minimum atomic E-state index is -1.19. The van der Waals surface area contributed by atoms with E-state index in [-0.39, 0.29) is 0 Å². The van der Waals surface area contributed by atoms with E-state index < -0.39 is 10.8 Å². The van der Waals surface area contributed by atoms with Crippen LogP contribution in [0.2, 0.25) is 0 Å². The van der Waals surface area contributed by atoms with Gasteiger partial charge in [0.25, 0.3) is 0 Å². The summed E-state index contributed by atoms with van der Waals surface area (Å²) in [7, 11) is 0.431. The third-order valence-corrected chi connectivity index (χ3v) is 4.89. The molecule has 0 spiro atoms. The van der Waals surface area contributed by atoms with Gasteiger partial charge in [0.05, 0.1) is 28.9 Å². The number of ether oxygens (including phenoxy) is 1. The molecule has 0 radical (unpaired) electrons. The normalized spacial score (nSPS) is 17.4. The smallest absolute Gasteiger partial charge is 0.169 e. The van der Waals surface area contributed by atoms with Gasteiger partial charge in [0.15, 0.2) is 10.8 Å². The zero-order valence-electron chi connectivity index (χ0n) is 13.0. The molecule has 1 atom stereocenters. The van der Waals surface area contributed by atoms with Gasteiger partial charge in [0.2, 0.25) is 0 Å². The molecule has 1 saturated carbocycles. The molecule has 1 aromatic heterocycles. The molecule has 0 aliphatic heterocycles. The first kappa shape index (κ1) is 15.2. The van der Waals surface area contributed by atoms with Crippen LogP contribution in [0.5, 0.6) is 5.75 Å². The minimum absolute atomic E-state index is 0.404. The lowest BCUT2D eigenvalue weighted by molar-refractivity contribution is 0.415. The van der Waals surface area contributed by atoms with Crippen molar-refractivity contribution in [3.8, 4) is 5.75 Å². The summed E-state index contributed by atoms with van der Waals surface area (Å²) in [5.74, 6) is 1.38. The molecule has 0 amide bonds. The summed E-state index contributed by atoms with van der Waals surface area (Å²) >= 11 is 0. The van der Waals surface area contributed by atoms with Crippen LogP contribution in [-0.2, 0) is 10.8 Å². The average molecular weight is 319 g/mol. The third-order valence-electron chi connectivity index (χ3n) is 4.06. The number of nitrogens with zero attached hydrogens (tertiary/aromatic N) is 2. The second kappa shape index (κ2) is 6.60. The van der Waals surface area contributed by atoms with Crippen LogP contribution in [-0.4, -0.2) is 33.6 Å². The summed E-state index contributed by atoms with van der Waals surface area (Å²) in [5.41, 5.74) is 1.49. The van der Waals surface area contributed by atoms with Crippen molar-refractivity contribution in [2.45, 2.75) is 43.2 Å². The lowest BCUT2D eigenvalue weighted by Gasteiger charge is -2.24. The van der Waals surface area contributed by atoms with Gasteiger partial charge < -0.3 is 10.1 Å². The Hall–Kier alpha value is -1.69. The molecule has 1 heterocycles. The Morgan fingerprint density at radius 3 is 2.64 bits per heavy atom. The summed E-state index contributed by atoms with van der Waals surface area (Å²) in [6.45, 7) is 0. The fourth-order valence-electron chi connectivity index (χ4n) is 2.88. The average Bonchev–Trinajstić information content (AvgIpc) is 2.54. The number of nitrogens with one attached hydrogen (secondary N) is 1. The van der Waals surface area contributed by atoms with E-state index in [1.54, 1.807) is 13.4 Å². The molecule has 1 aliphatic rings. The molecule has 5 nitrogen and oxygen atoms in total. The molecule has 1 unspecified atom stereocenters. The van der Waals surface area contributed by atoms with E-state index in [2.05, 4.69) is 15.3 Å². The van der Waals surface area contributed by atoms with Crippen molar-refractivity contribution in [1.82, 2.24) is 9.97 Å². The predicted molar refractivity (Wildman–Crippen MR) is 88.9 cm³/mol. The highest BCUT2D eigenvalue weighted by Crippen LogP contribution is 2.26. The highest BCUT2D eigenvalue weighted by molar-refractivity contribution is 7.84. The van der Waals surface area contributed by atoms with Gasteiger partial charge in [-0.15, -0.1) is 0 Å². The van der Waals surface area contributed by atoms with Gasteiger partial charge in [-0.1, -0.05) is 19.3 Å². The van der Waals surface area contributed by atoms with Crippen LogP contribution < -0.4 is 10.1 Å². The van der Waals surface area contributed by atoms with Gasteiger partial charge in [-0.05, 0) is 25.0 Å². The van der Waals surface area contributed by atoms with E-state index in [0.717, 1.165) is 24.1 Å². The van der Waals surface area contributed by atoms with Crippen molar-refractivity contribution in [1.29, 1.82) is 0 Å². The number of fused-ring (bicyclic) bond motifs is 1. The summed E-state index contributed by atoms with van der Waals surface area (Å²) in [6.07, 6.45) is 7.69. The van der Waals surface area contributed by atoms with Crippen LogP contribution in [0.25, 0.3) is 11.0 Å². The molecule has 1 aliphatic carbocycles. The Balaban J connectivity index is 1.99. The topological polar surface area (TPSA) is 64.1 Å². The monoisotopic (exact) mass is 319 g/mol. The summed E-state index contributed by atoms with van der Waals surface area (Å²) in [5, 5.41) is 3.97. The second-order valence-corrected chi connectivity index (χ2v) is 6.96. The molecular weight excluding hydrogens is 298 g/mol. The standard InChI is InChI=1S/C16H21N3O2S/c1-21-12-8-9-13-14(10-12)19-16(22(2)20)15(18-13)17-11-6-4-3-5-7-11/h8-11H,3-7H2,1-2H3,(H,17,18). The van der Waals surface area contributed by atoms with E-state index >= 15 is 0 Å².